The number of nitrogens with one attached hydrogen (secondary N) is 1. The van der Waals surface area contributed by atoms with E-state index < -0.39 is 5.97 Å². The van der Waals surface area contributed by atoms with Gasteiger partial charge in [0.25, 0.3) is 0 Å². The van der Waals surface area contributed by atoms with Gasteiger partial charge in [0.2, 0.25) is 0 Å². The van der Waals surface area contributed by atoms with Crippen LogP contribution in [0.5, 0.6) is 0 Å². The van der Waals surface area contributed by atoms with Crippen LogP contribution >= 0.6 is 0 Å². The van der Waals surface area contributed by atoms with Crippen molar-refractivity contribution in [3.63, 3.8) is 0 Å². The van der Waals surface area contributed by atoms with E-state index in [9.17, 15) is 9.90 Å². The van der Waals surface area contributed by atoms with Crippen molar-refractivity contribution in [2.75, 3.05) is 13.2 Å². The van der Waals surface area contributed by atoms with Gasteiger partial charge in [-0.25, -0.2) is 0 Å². The second-order valence-electron chi connectivity index (χ2n) is 4.42. The Morgan fingerprint density at radius 2 is 2.00 bits per heavy atom. The Bertz CT molecular complexity index is 196. The highest BCUT2D eigenvalue weighted by molar-refractivity contribution is 5.66. The number of aliphatic hydroxyl groups excluding tert-OH is 1. The van der Waals surface area contributed by atoms with Crippen molar-refractivity contribution in [2.24, 2.45) is 0 Å². The molecule has 0 heterocycles. The first-order valence-corrected chi connectivity index (χ1v) is 5.76. The Balaban J connectivity index is 1.94. The molecular weight excluding hydrogens is 194 g/mol. The molecule has 1 fully saturated rings. The summed E-state index contributed by atoms with van der Waals surface area (Å²) in [7, 11) is 0. The van der Waals surface area contributed by atoms with Gasteiger partial charge in [-0.1, -0.05) is 6.42 Å². The van der Waals surface area contributed by atoms with E-state index in [1.165, 1.54) is 6.42 Å². The maximum absolute atomic E-state index is 10.2. The number of carboxylic acid groups (broad SMARTS) is 1. The Hall–Kier alpha value is -0.610. The summed E-state index contributed by atoms with van der Waals surface area (Å²) >= 11 is 0. The van der Waals surface area contributed by atoms with Gasteiger partial charge in [-0.15, -0.1) is 0 Å². The van der Waals surface area contributed by atoms with E-state index in [0.29, 0.717) is 0 Å². The highest BCUT2D eigenvalue weighted by Crippen LogP contribution is 2.30. The maximum Gasteiger partial charge on any atom is 0.303 e. The first-order chi connectivity index (χ1) is 7.18. The topological polar surface area (TPSA) is 69.6 Å². The molecule has 88 valence electrons. The van der Waals surface area contributed by atoms with Gasteiger partial charge in [-0.2, -0.15) is 0 Å². The van der Waals surface area contributed by atoms with Crippen LogP contribution in [0.15, 0.2) is 0 Å². The molecule has 0 aromatic rings. The molecular formula is C11H21NO3. The second-order valence-corrected chi connectivity index (χ2v) is 4.42. The zero-order valence-electron chi connectivity index (χ0n) is 9.17. The normalized spacial score (nSPS) is 18.5. The van der Waals surface area contributed by atoms with Crippen molar-refractivity contribution in [2.45, 2.75) is 50.5 Å². The molecule has 0 spiro atoms. The number of carboxylic acids is 1. The Kier molecular flexibility index (Phi) is 5.05. The van der Waals surface area contributed by atoms with E-state index in [1.807, 2.05) is 0 Å². The lowest BCUT2D eigenvalue weighted by atomic mass is 9.77. The average Bonchev–Trinajstić information content (AvgIpc) is 2.14. The number of hydrogen-bond donors (Lipinski definition) is 3. The van der Waals surface area contributed by atoms with E-state index in [4.69, 9.17) is 5.11 Å². The summed E-state index contributed by atoms with van der Waals surface area (Å²) in [6.07, 6.45) is 6.30. The summed E-state index contributed by atoms with van der Waals surface area (Å²) in [5, 5.41) is 21.0. The van der Waals surface area contributed by atoms with Crippen molar-refractivity contribution in [1.82, 2.24) is 5.32 Å². The molecule has 4 heteroatoms. The second kappa shape index (κ2) is 6.08. The highest BCUT2D eigenvalue weighted by Gasteiger charge is 2.35. The van der Waals surface area contributed by atoms with Crippen molar-refractivity contribution in [1.29, 1.82) is 0 Å². The number of hydrogen-bond acceptors (Lipinski definition) is 3. The summed E-state index contributed by atoms with van der Waals surface area (Å²) in [5.74, 6) is -0.714. The lowest BCUT2D eigenvalue weighted by molar-refractivity contribution is -0.137. The molecule has 3 N–H and O–H groups in total. The number of aliphatic hydroxyl groups is 1. The summed E-state index contributed by atoms with van der Waals surface area (Å²) in [5.41, 5.74) is -0.00714. The fraction of sp³-hybridized carbons (Fsp3) is 0.909. The van der Waals surface area contributed by atoms with Crippen molar-refractivity contribution in [3.8, 4) is 0 Å². The molecule has 0 bridgehead atoms. The predicted octanol–water partition coefficient (Wildman–Crippen LogP) is 1.14. The third kappa shape index (κ3) is 4.18. The number of carbonyl (C=O) groups is 1. The number of unbranched alkanes of at least 4 members (excludes halogenated alkanes) is 2. The van der Waals surface area contributed by atoms with E-state index in [1.54, 1.807) is 0 Å². The van der Waals surface area contributed by atoms with Gasteiger partial charge in [0, 0.05) is 12.0 Å². The number of rotatable bonds is 8. The van der Waals surface area contributed by atoms with E-state index in [0.717, 1.165) is 38.6 Å². The molecule has 1 aliphatic rings. The van der Waals surface area contributed by atoms with E-state index in [2.05, 4.69) is 5.32 Å². The monoisotopic (exact) mass is 215 g/mol. The third-order valence-corrected chi connectivity index (χ3v) is 3.18. The molecule has 1 saturated carbocycles. The van der Waals surface area contributed by atoms with Gasteiger partial charge >= 0.3 is 5.97 Å². The smallest absolute Gasteiger partial charge is 0.303 e. The molecule has 0 unspecified atom stereocenters. The van der Waals surface area contributed by atoms with Gasteiger partial charge in [-0.05, 0) is 38.6 Å². The Morgan fingerprint density at radius 3 is 2.47 bits per heavy atom. The molecule has 4 nitrogen and oxygen atoms in total. The maximum atomic E-state index is 10.2. The van der Waals surface area contributed by atoms with Crippen molar-refractivity contribution >= 4 is 5.97 Å². The molecule has 0 saturated heterocycles. The molecule has 1 aliphatic carbocycles. The van der Waals surface area contributed by atoms with Gasteiger partial charge in [0.1, 0.15) is 0 Å². The molecule has 15 heavy (non-hydrogen) atoms. The molecule has 0 atom stereocenters. The summed E-state index contributed by atoms with van der Waals surface area (Å²) < 4.78 is 0. The Labute approximate surface area is 90.7 Å². The van der Waals surface area contributed by atoms with Crippen LogP contribution in [0.3, 0.4) is 0 Å². The average molecular weight is 215 g/mol. The van der Waals surface area contributed by atoms with Crippen LogP contribution in [-0.2, 0) is 4.79 Å². The summed E-state index contributed by atoms with van der Waals surface area (Å²) in [4.78, 5) is 10.2. The van der Waals surface area contributed by atoms with Gasteiger partial charge in [-0.3, -0.25) is 4.79 Å². The highest BCUT2D eigenvalue weighted by atomic mass is 16.4. The molecule has 0 radical (unpaired) electrons. The molecule has 1 rings (SSSR count). The minimum Gasteiger partial charge on any atom is -0.481 e. The largest absolute Gasteiger partial charge is 0.481 e. The van der Waals surface area contributed by atoms with Gasteiger partial charge < -0.3 is 15.5 Å². The fourth-order valence-corrected chi connectivity index (χ4v) is 1.93. The summed E-state index contributed by atoms with van der Waals surface area (Å²) in [6, 6.07) is 0. The zero-order valence-corrected chi connectivity index (χ0v) is 9.17. The van der Waals surface area contributed by atoms with Crippen molar-refractivity contribution in [3.05, 3.63) is 0 Å². The first kappa shape index (κ1) is 12.5. The quantitative estimate of drug-likeness (QED) is 0.531. The van der Waals surface area contributed by atoms with E-state index >= 15 is 0 Å². The van der Waals surface area contributed by atoms with Gasteiger partial charge in [0.15, 0.2) is 0 Å². The van der Waals surface area contributed by atoms with Crippen LogP contribution in [0.25, 0.3) is 0 Å². The zero-order chi connectivity index (χ0) is 11.1. The van der Waals surface area contributed by atoms with E-state index in [-0.39, 0.29) is 18.6 Å². The predicted molar refractivity (Wildman–Crippen MR) is 57.8 cm³/mol. The van der Waals surface area contributed by atoms with Crippen LogP contribution < -0.4 is 5.32 Å². The van der Waals surface area contributed by atoms with Crippen LogP contribution in [0.2, 0.25) is 0 Å². The lowest BCUT2D eigenvalue weighted by Gasteiger charge is -2.41. The SMILES string of the molecule is O=C(O)CCCCCNC1(CO)CCC1. The standard InChI is InChI=1S/C11H21NO3/c13-9-11(6-4-7-11)12-8-3-1-2-5-10(14)15/h12-13H,1-9H2,(H,14,15). The third-order valence-electron chi connectivity index (χ3n) is 3.18. The number of aliphatic carboxylic acids is 1. The van der Waals surface area contributed by atoms with Crippen LogP contribution in [-0.4, -0.2) is 34.9 Å². The lowest BCUT2D eigenvalue weighted by Crippen LogP contribution is -2.54. The molecule has 0 amide bonds. The molecule has 0 aromatic heterocycles. The van der Waals surface area contributed by atoms with Crippen LogP contribution in [0.1, 0.15) is 44.9 Å². The minimum absolute atomic E-state index is 0.00714. The van der Waals surface area contributed by atoms with Crippen LogP contribution in [0, 0.1) is 0 Å². The molecule has 0 aromatic carbocycles. The Morgan fingerprint density at radius 1 is 1.27 bits per heavy atom. The fourth-order valence-electron chi connectivity index (χ4n) is 1.93. The molecule has 0 aliphatic heterocycles. The first-order valence-electron chi connectivity index (χ1n) is 5.76. The minimum atomic E-state index is -0.714. The van der Waals surface area contributed by atoms with Gasteiger partial charge in [0.05, 0.1) is 6.61 Å². The van der Waals surface area contributed by atoms with Crippen LogP contribution in [0.4, 0.5) is 0 Å². The van der Waals surface area contributed by atoms with Crippen molar-refractivity contribution < 1.29 is 15.0 Å². The summed E-state index contributed by atoms with van der Waals surface area (Å²) in [6.45, 7) is 1.11.